The molecule has 2 aliphatic rings. The Morgan fingerprint density at radius 2 is 1.58 bits per heavy atom. The molecule has 2 saturated heterocycles. The highest BCUT2D eigenvalue weighted by Gasteiger charge is 2.21. The summed E-state index contributed by atoms with van der Waals surface area (Å²) in [6.45, 7) is 5.96. The van der Waals surface area contributed by atoms with Crippen LogP contribution in [0.1, 0.15) is 51.0 Å². The van der Waals surface area contributed by atoms with Gasteiger partial charge in [-0.15, -0.1) is 0 Å². The van der Waals surface area contributed by atoms with Crippen molar-refractivity contribution in [1.29, 1.82) is 0 Å². The molecule has 1 aromatic carbocycles. The number of hydrogen-bond donors (Lipinski definition) is 1. The Kier molecular flexibility index (Phi) is 8.75. The molecule has 0 aliphatic carbocycles. The molecule has 1 amide bonds. The summed E-state index contributed by atoms with van der Waals surface area (Å²) in [5.41, 5.74) is 6.00. The largest absolute Gasteiger partial charge is 0.490 e. The SMILES string of the molecule is CCOc1cc(/C=N/N(C)c2nc(N3CCCCC3)nc(N3CCCCC3)n2)ccc1OCC(N)=O. The van der Waals surface area contributed by atoms with Crippen LogP contribution in [-0.2, 0) is 4.79 Å². The van der Waals surface area contributed by atoms with E-state index < -0.39 is 5.91 Å². The van der Waals surface area contributed by atoms with Crippen LogP contribution in [0.4, 0.5) is 17.8 Å². The zero-order valence-corrected chi connectivity index (χ0v) is 21.2. The molecule has 0 radical (unpaired) electrons. The number of anilines is 3. The van der Waals surface area contributed by atoms with E-state index in [-0.39, 0.29) is 6.61 Å². The van der Waals surface area contributed by atoms with Gasteiger partial charge in [0.2, 0.25) is 11.9 Å². The molecule has 194 valence electrons. The number of hydrazone groups is 1. The lowest BCUT2D eigenvalue weighted by Gasteiger charge is -2.30. The van der Waals surface area contributed by atoms with Gasteiger partial charge in [-0.1, -0.05) is 0 Å². The lowest BCUT2D eigenvalue weighted by Crippen LogP contribution is -2.35. The molecule has 3 heterocycles. The number of amides is 1. The van der Waals surface area contributed by atoms with Gasteiger partial charge in [0, 0.05) is 33.2 Å². The van der Waals surface area contributed by atoms with Gasteiger partial charge in [0.05, 0.1) is 12.8 Å². The normalized spacial score (nSPS) is 16.3. The van der Waals surface area contributed by atoms with Gasteiger partial charge in [-0.3, -0.25) is 4.79 Å². The van der Waals surface area contributed by atoms with Crippen molar-refractivity contribution in [3.8, 4) is 11.5 Å². The summed E-state index contributed by atoms with van der Waals surface area (Å²) in [4.78, 5) is 30.0. The monoisotopic (exact) mass is 496 g/mol. The fourth-order valence-corrected chi connectivity index (χ4v) is 4.31. The van der Waals surface area contributed by atoms with Gasteiger partial charge < -0.3 is 25.0 Å². The quantitative estimate of drug-likeness (QED) is 0.390. The van der Waals surface area contributed by atoms with Gasteiger partial charge >= 0.3 is 0 Å². The Labute approximate surface area is 212 Å². The number of carbonyl (C=O) groups is 1. The van der Waals surface area contributed by atoms with E-state index in [9.17, 15) is 4.79 Å². The van der Waals surface area contributed by atoms with Gasteiger partial charge in [-0.25, -0.2) is 5.01 Å². The van der Waals surface area contributed by atoms with Crippen molar-refractivity contribution in [2.45, 2.75) is 45.4 Å². The number of benzene rings is 1. The molecule has 0 spiro atoms. The van der Waals surface area contributed by atoms with Gasteiger partial charge in [-0.05, 0) is 69.2 Å². The lowest BCUT2D eigenvalue weighted by atomic mass is 10.1. The van der Waals surface area contributed by atoms with Gasteiger partial charge in [0.1, 0.15) is 0 Å². The number of primary amides is 1. The molecule has 11 heteroatoms. The molecule has 11 nitrogen and oxygen atoms in total. The first-order chi connectivity index (χ1) is 17.5. The smallest absolute Gasteiger partial charge is 0.255 e. The Morgan fingerprint density at radius 3 is 2.14 bits per heavy atom. The molecule has 0 atom stereocenters. The van der Waals surface area contributed by atoms with E-state index in [1.165, 1.54) is 12.8 Å². The Bertz CT molecular complexity index is 1020. The van der Waals surface area contributed by atoms with Crippen LogP contribution in [-0.4, -0.2) is 73.5 Å². The van der Waals surface area contributed by atoms with Crippen molar-refractivity contribution >= 4 is 30.0 Å². The number of piperidine rings is 2. The molecule has 36 heavy (non-hydrogen) atoms. The highest BCUT2D eigenvalue weighted by molar-refractivity contribution is 5.81. The molecule has 0 saturated carbocycles. The molecular weight excluding hydrogens is 460 g/mol. The van der Waals surface area contributed by atoms with Crippen molar-refractivity contribution in [2.75, 3.05) is 61.2 Å². The minimum atomic E-state index is -0.546. The predicted octanol–water partition coefficient (Wildman–Crippen LogP) is 2.59. The zero-order chi connectivity index (χ0) is 25.3. The summed E-state index contributed by atoms with van der Waals surface area (Å²) in [7, 11) is 1.83. The summed E-state index contributed by atoms with van der Waals surface area (Å²) in [5, 5.41) is 6.26. The molecule has 0 unspecified atom stereocenters. The molecular formula is C25H36N8O3. The molecule has 0 bridgehead atoms. The van der Waals surface area contributed by atoms with E-state index in [0.29, 0.717) is 24.1 Å². The van der Waals surface area contributed by atoms with Crippen LogP contribution in [0.5, 0.6) is 11.5 Å². The fraction of sp³-hybridized carbons (Fsp3) is 0.560. The summed E-state index contributed by atoms with van der Waals surface area (Å²) in [5.74, 6) is 2.37. The molecule has 2 aliphatic heterocycles. The third-order valence-corrected chi connectivity index (χ3v) is 6.18. The average Bonchev–Trinajstić information content (AvgIpc) is 2.92. The standard InChI is InChI=1S/C25H36N8O3/c1-3-35-21-16-19(10-11-20(21)36-18-22(26)34)17-27-31(2)23-28-24(32-12-6-4-7-13-32)30-25(29-23)33-14-8-5-9-15-33/h10-11,16-17H,3-9,12-15,18H2,1-2H3,(H2,26,34)/b27-17+. The van der Waals surface area contributed by atoms with Crippen LogP contribution >= 0.6 is 0 Å². The number of hydrogen-bond acceptors (Lipinski definition) is 10. The van der Waals surface area contributed by atoms with Crippen LogP contribution in [0.15, 0.2) is 23.3 Å². The van der Waals surface area contributed by atoms with E-state index in [2.05, 4.69) is 14.9 Å². The van der Waals surface area contributed by atoms with Crippen molar-refractivity contribution in [3.05, 3.63) is 23.8 Å². The number of nitrogens with zero attached hydrogens (tertiary/aromatic N) is 7. The number of ether oxygens (including phenoxy) is 2. The molecule has 1 aromatic heterocycles. The zero-order valence-electron chi connectivity index (χ0n) is 21.2. The van der Waals surface area contributed by atoms with Gasteiger partial charge in [-0.2, -0.15) is 20.1 Å². The lowest BCUT2D eigenvalue weighted by molar-refractivity contribution is -0.119. The Hall–Kier alpha value is -3.63. The summed E-state index contributed by atoms with van der Waals surface area (Å²) < 4.78 is 11.1. The fourth-order valence-electron chi connectivity index (χ4n) is 4.31. The maximum Gasteiger partial charge on any atom is 0.255 e. The van der Waals surface area contributed by atoms with Crippen molar-refractivity contribution in [1.82, 2.24) is 15.0 Å². The Balaban J connectivity index is 1.56. The maximum absolute atomic E-state index is 11.1. The highest BCUT2D eigenvalue weighted by Crippen LogP contribution is 2.28. The minimum absolute atomic E-state index is 0.214. The van der Waals surface area contributed by atoms with Gasteiger partial charge in [0.25, 0.3) is 11.9 Å². The van der Waals surface area contributed by atoms with Crippen molar-refractivity contribution < 1.29 is 14.3 Å². The van der Waals surface area contributed by atoms with E-state index in [1.54, 1.807) is 17.3 Å². The Morgan fingerprint density at radius 1 is 0.972 bits per heavy atom. The van der Waals surface area contributed by atoms with E-state index in [4.69, 9.17) is 30.2 Å². The molecule has 2 aromatic rings. The van der Waals surface area contributed by atoms with E-state index in [1.807, 2.05) is 26.1 Å². The second-order valence-corrected chi connectivity index (χ2v) is 8.99. The van der Waals surface area contributed by atoms with Crippen LogP contribution in [0.25, 0.3) is 0 Å². The summed E-state index contributed by atoms with van der Waals surface area (Å²) in [6, 6.07) is 5.38. The number of carbonyl (C=O) groups excluding carboxylic acids is 1. The van der Waals surface area contributed by atoms with Crippen LogP contribution in [0.3, 0.4) is 0 Å². The van der Waals surface area contributed by atoms with Crippen LogP contribution < -0.4 is 30.0 Å². The first-order valence-corrected chi connectivity index (χ1v) is 12.7. The van der Waals surface area contributed by atoms with Crippen LogP contribution in [0.2, 0.25) is 0 Å². The first-order valence-electron chi connectivity index (χ1n) is 12.7. The number of rotatable bonds is 10. The van der Waals surface area contributed by atoms with Crippen LogP contribution in [0, 0.1) is 0 Å². The maximum atomic E-state index is 11.1. The first kappa shape index (κ1) is 25.5. The second-order valence-electron chi connectivity index (χ2n) is 8.99. The topological polar surface area (TPSA) is 122 Å². The minimum Gasteiger partial charge on any atom is -0.490 e. The summed E-state index contributed by atoms with van der Waals surface area (Å²) >= 11 is 0. The van der Waals surface area contributed by atoms with Crippen molar-refractivity contribution in [3.63, 3.8) is 0 Å². The predicted molar refractivity (Wildman–Crippen MR) is 140 cm³/mol. The number of aromatic nitrogens is 3. The summed E-state index contributed by atoms with van der Waals surface area (Å²) in [6.07, 6.45) is 8.79. The third-order valence-electron chi connectivity index (χ3n) is 6.18. The van der Waals surface area contributed by atoms with Gasteiger partial charge in [0.15, 0.2) is 18.1 Å². The van der Waals surface area contributed by atoms with E-state index >= 15 is 0 Å². The van der Waals surface area contributed by atoms with E-state index in [0.717, 1.165) is 69.3 Å². The molecule has 2 fully saturated rings. The highest BCUT2D eigenvalue weighted by atomic mass is 16.5. The third kappa shape index (κ3) is 6.73. The number of nitrogens with two attached hydrogens (primary N) is 1. The molecule has 4 rings (SSSR count). The average molecular weight is 497 g/mol. The second kappa shape index (κ2) is 12.4. The van der Waals surface area contributed by atoms with Crippen molar-refractivity contribution in [2.24, 2.45) is 10.8 Å². The molecule has 2 N–H and O–H groups in total.